The Kier molecular flexibility index (Phi) is 4.91. The molecule has 1 saturated carbocycles. The number of hydrogen-bond donors (Lipinski definition) is 1. The lowest BCUT2D eigenvalue weighted by atomic mass is 10.1. The van der Waals surface area contributed by atoms with E-state index in [1.165, 1.54) is 12.8 Å². The van der Waals surface area contributed by atoms with Crippen LogP contribution in [0.25, 0.3) is 0 Å². The summed E-state index contributed by atoms with van der Waals surface area (Å²) >= 11 is 0. The average Bonchev–Trinajstić information content (AvgIpc) is 2.94. The third-order valence-corrected chi connectivity index (χ3v) is 7.26. The Labute approximate surface area is 160 Å². The van der Waals surface area contributed by atoms with Crippen molar-refractivity contribution in [3.8, 4) is 0 Å². The molecule has 1 aliphatic carbocycles. The number of rotatable bonds is 3. The lowest BCUT2D eigenvalue weighted by Crippen LogP contribution is -2.42. The molecule has 0 bridgehead atoms. The molecule has 27 heavy (non-hydrogen) atoms. The number of nitrogens with zero attached hydrogens (tertiary/aromatic N) is 1. The molecule has 1 N–H and O–H groups in total. The first kappa shape index (κ1) is 18.0. The SMILES string of the molecule is O=C(CN1c2ccccc2S(=O)(=O)c2ccccc21)NC1CCCCCC1. The van der Waals surface area contributed by atoms with Crippen LogP contribution in [0.5, 0.6) is 0 Å². The summed E-state index contributed by atoms with van der Waals surface area (Å²) in [5, 5.41) is 3.16. The van der Waals surface area contributed by atoms with Crippen LogP contribution < -0.4 is 10.2 Å². The molecule has 2 aliphatic rings. The van der Waals surface area contributed by atoms with Crippen LogP contribution in [-0.4, -0.2) is 26.9 Å². The van der Waals surface area contributed by atoms with Gasteiger partial charge >= 0.3 is 0 Å². The van der Waals surface area contributed by atoms with Crippen LogP contribution >= 0.6 is 0 Å². The highest BCUT2D eigenvalue weighted by Crippen LogP contribution is 2.43. The predicted octanol–water partition coefficient (Wildman–Crippen LogP) is 3.81. The zero-order chi connectivity index (χ0) is 18.9. The van der Waals surface area contributed by atoms with Gasteiger partial charge in [0.1, 0.15) is 6.54 Å². The van der Waals surface area contributed by atoms with Crippen LogP contribution in [0.2, 0.25) is 0 Å². The Morgan fingerprint density at radius 2 is 1.41 bits per heavy atom. The quantitative estimate of drug-likeness (QED) is 0.817. The van der Waals surface area contributed by atoms with E-state index < -0.39 is 9.84 Å². The molecular formula is C21H24N2O3S. The number of para-hydroxylation sites is 2. The molecule has 0 unspecified atom stereocenters. The number of sulfone groups is 1. The van der Waals surface area contributed by atoms with Gasteiger partial charge in [-0.15, -0.1) is 0 Å². The Morgan fingerprint density at radius 3 is 1.96 bits per heavy atom. The summed E-state index contributed by atoms with van der Waals surface area (Å²) in [4.78, 5) is 15.1. The van der Waals surface area contributed by atoms with E-state index in [1.54, 1.807) is 48.5 Å². The maximum Gasteiger partial charge on any atom is 0.240 e. The highest BCUT2D eigenvalue weighted by Gasteiger charge is 2.34. The highest BCUT2D eigenvalue weighted by molar-refractivity contribution is 7.92. The lowest BCUT2D eigenvalue weighted by molar-refractivity contribution is -0.120. The van der Waals surface area contributed by atoms with Gasteiger partial charge in [0.05, 0.1) is 21.2 Å². The molecule has 0 atom stereocenters. The Morgan fingerprint density at radius 1 is 0.889 bits per heavy atom. The van der Waals surface area contributed by atoms with Gasteiger partial charge in [-0.1, -0.05) is 49.9 Å². The number of carbonyl (C=O) groups is 1. The number of hydrogen-bond acceptors (Lipinski definition) is 4. The summed E-state index contributed by atoms with van der Waals surface area (Å²) in [6.07, 6.45) is 6.81. The van der Waals surface area contributed by atoms with Crippen LogP contribution in [0, 0.1) is 0 Å². The predicted molar refractivity (Wildman–Crippen MR) is 105 cm³/mol. The third-order valence-electron chi connectivity index (χ3n) is 5.41. The fourth-order valence-electron chi connectivity index (χ4n) is 4.07. The summed E-state index contributed by atoms with van der Waals surface area (Å²) in [5.41, 5.74) is 1.12. The van der Waals surface area contributed by atoms with E-state index in [0.29, 0.717) is 11.4 Å². The van der Waals surface area contributed by atoms with Crippen molar-refractivity contribution < 1.29 is 13.2 Å². The van der Waals surface area contributed by atoms with Gasteiger partial charge in [0.2, 0.25) is 15.7 Å². The van der Waals surface area contributed by atoms with E-state index in [0.717, 1.165) is 25.7 Å². The van der Waals surface area contributed by atoms with Crippen LogP contribution in [0.3, 0.4) is 0 Å². The van der Waals surface area contributed by atoms with Gasteiger partial charge in [-0.25, -0.2) is 8.42 Å². The van der Waals surface area contributed by atoms with Gasteiger partial charge in [0.15, 0.2) is 0 Å². The van der Waals surface area contributed by atoms with Gasteiger partial charge in [0.25, 0.3) is 0 Å². The van der Waals surface area contributed by atoms with E-state index in [9.17, 15) is 13.2 Å². The van der Waals surface area contributed by atoms with E-state index in [4.69, 9.17) is 0 Å². The first-order valence-electron chi connectivity index (χ1n) is 9.57. The number of fused-ring (bicyclic) bond motifs is 2. The largest absolute Gasteiger partial charge is 0.352 e. The molecule has 4 rings (SSSR count). The normalized spacial score (nSPS) is 18.9. The van der Waals surface area contributed by atoms with Gasteiger partial charge in [-0.3, -0.25) is 4.79 Å². The van der Waals surface area contributed by atoms with Crippen molar-refractivity contribution in [1.82, 2.24) is 5.32 Å². The van der Waals surface area contributed by atoms with Crippen LogP contribution in [0.15, 0.2) is 58.3 Å². The summed E-state index contributed by atoms with van der Waals surface area (Å²) in [6.45, 7) is 0.111. The number of carbonyl (C=O) groups excluding carboxylic acids is 1. The van der Waals surface area contributed by atoms with Crippen molar-refractivity contribution in [1.29, 1.82) is 0 Å². The molecule has 1 heterocycles. The minimum Gasteiger partial charge on any atom is -0.352 e. The van der Waals surface area contributed by atoms with E-state index in [2.05, 4.69) is 5.32 Å². The van der Waals surface area contributed by atoms with E-state index in [1.807, 2.05) is 4.90 Å². The number of anilines is 2. The molecule has 0 spiro atoms. The second kappa shape index (κ2) is 7.35. The molecule has 0 aromatic heterocycles. The van der Waals surface area contributed by atoms with Crippen LogP contribution in [-0.2, 0) is 14.6 Å². The second-order valence-electron chi connectivity index (χ2n) is 7.28. The van der Waals surface area contributed by atoms with Crippen molar-refractivity contribution in [2.24, 2.45) is 0 Å². The van der Waals surface area contributed by atoms with Gasteiger partial charge in [-0.2, -0.15) is 0 Å². The van der Waals surface area contributed by atoms with Crippen molar-refractivity contribution in [3.63, 3.8) is 0 Å². The summed E-state index contributed by atoms with van der Waals surface area (Å²) in [6, 6.07) is 14.0. The van der Waals surface area contributed by atoms with Crippen LogP contribution in [0.1, 0.15) is 38.5 Å². The number of amides is 1. The first-order chi connectivity index (χ1) is 13.1. The van der Waals surface area contributed by atoms with E-state index in [-0.39, 0.29) is 28.3 Å². The van der Waals surface area contributed by atoms with Crippen molar-refractivity contribution in [2.45, 2.75) is 54.4 Å². The van der Waals surface area contributed by atoms with Gasteiger partial charge in [-0.05, 0) is 37.1 Å². The molecule has 0 radical (unpaired) electrons. The number of benzene rings is 2. The standard InChI is InChI=1S/C21H24N2O3S/c24-21(22-16-9-3-1-2-4-10-16)15-23-17-11-5-7-13-19(17)27(25,26)20-14-8-6-12-18(20)23/h5-8,11-14,16H,1-4,9-10,15H2,(H,22,24). The van der Waals surface area contributed by atoms with Crippen molar-refractivity contribution in [3.05, 3.63) is 48.5 Å². The molecule has 2 aromatic carbocycles. The molecule has 142 valence electrons. The molecule has 1 fully saturated rings. The average molecular weight is 385 g/mol. The molecule has 6 heteroatoms. The Bertz CT molecular complexity index is 894. The maximum atomic E-state index is 13.0. The minimum atomic E-state index is -3.58. The summed E-state index contributed by atoms with van der Waals surface area (Å²) in [7, 11) is -3.58. The minimum absolute atomic E-state index is 0.0641. The first-order valence-corrected chi connectivity index (χ1v) is 11.1. The molecule has 0 saturated heterocycles. The molecule has 1 amide bonds. The number of nitrogens with one attached hydrogen (secondary N) is 1. The van der Waals surface area contributed by atoms with Gasteiger partial charge in [0, 0.05) is 6.04 Å². The molecular weight excluding hydrogens is 360 g/mol. The maximum absolute atomic E-state index is 13.0. The van der Waals surface area contributed by atoms with Crippen molar-refractivity contribution in [2.75, 3.05) is 11.4 Å². The molecule has 2 aromatic rings. The highest BCUT2D eigenvalue weighted by atomic mass is 32.2. The Balaban J connectivity index is 1.64. The van der Waals surface area contributed by atoms with Crippen molar-refractivity contribution >= 4 is 27.1 Å². The topological polar surface area (TPSA) is 66.5 Å². The fourth-order valence-corrected chi connectivity index (χ4v) is 5.73. The summed E-state index contributed by atoms with van der Waals surface area (Å²) in [5.74, 6) is -0.0641. The molecule has 5 nitrogen and oxygen atoms in total. The summed E-state index contributed by atoms with van der Waals surface area (Å²) < 4.78 is 25.9. The van der Waals surface area contributed by atoms with E-state index >= 15 is 0 Å². The zero-order valence-electron chi connectivity index (χ0n) is 15.2. The Hall–Kier alpha value is -2.34. The molecule has 1 aliphatic heterocycles. The monoisotopic (exact) mass is 384 g/mol. The van der Waals surface area contributed by atoms with Gasteiger partial charge < -0.3 is 10.2 Å². The lowest BCUT2D eigenvalue weighted by Gasteiger charge is -2.32. The second-order valence-corrected chi connectivity index (χ2v) is 9.17. The fraction of sp³-hybridized carbons (Fsp3) is 0.381. The third kappa shape index (κ3) is 3.46. The van der Waals surface area contributed by atoms with Crippen LogP contribution in [0.4, 0.5) is 11.4 Å². The smallest absolute Gasteiger partial charge is 0.240 e. The zero-order valence-corrected chi connectivity index (χ0v) is 16.0.